The highest BCUT2D eigenvalue weighted by atomic mass is 16.3. The van der Waals surface area contributed by atoms with Crippen LogP contribution in [0.5, 0.6) is 5.75 Å². The lowest BCUT2D eigenvalue weighted by atomic mass is 10.00. The molecule has 0 aliphatic carbocycles. The highest BCUT2D eigenvalue weighted by Gasteiger charge is 2.43. The number of likely N-dealkylation sites (tertiary alicyclic amines) is 2. The molecule has 2 fully saturated rings. The second-order valence-corrected chi connectivity index (χ2v) is 21.2. The van der Waals surface area contributed by atoms with E-state index in [4.69, 9.17) is 34.4 Å². The van der Waals surface area contributed by atoms with Gasteiger partial charge in [-0.1, -0.05) is 70.2 Å². The topological polar surface area (TPSA) is 455 Å². The Bertz CT molecular complexity index is 2580. The number of carbonyl (C=O) groups is 11. The fourth-order valence-electron chi connectivity index (χ4n) is 9.59. The molecule has 27 heteroatoms. The van der Waals surface area contributed by atoms with E-state index in [0.717, 1.165) is 0 Å². The summed E-state index contributed by atoms with van der Waals surface area (Å²) in [4.78, 5) is 156. The van der Waals surface area contributed by atoms with Crippen molar-refractivity contribution in [3.63, 3.8) is 0 Å². The maximum absolute atomic E-state index is 14.6. The number of carbonyl (C=O) groups excluding carboxylic acids is 11. The molecular formula is C54H81N15O12. The van der Waals surface area contributed by atoms with Gasteiger partial charge in [0.1, 0.15) is 54.1 Å². The fourth-order valence-corrected chi connectivity index (χ4v) is 9.59. The lowest BCUT2D eigenvalue weighted by Gasteiger charge is -2.32. The zero-order valence-corrected chi connectivity index (χ0v) is 46.4. The van der Waals surface area contributed by atoms with E-state index in [1.165, 1.54) is 21.9 Å². The van der Waals surface area contributed by atoms with Gasteiger partial charge < -0.3 is 81.2 Å². The minimum atomic E-state index is -1.63. The predicted octanol–water partition coefficient (Wildman–Crippen LogP) is -3.22. The molecule has 19 N–H and O–H groups in total. The first kappa shape index (κ1) is 65.2. The number of hydrogen-bond acceptors (Lipinski definition) is 14. The Morgan fingerprint density at radius 1 is 0.593 bits per heavy atom. The number of rotatable bonds is 31. The minimum Gasteiger partial charge on any atom is -0.508 e. The van der Waals surface area contributed by atoms with E-state index < -0.39 is 132 Å². The largest absolute Gasteiger partial charge is 0.508 e. The van der Waals surface area contributed by atoms with E-state index in [0.29, 0.717) is 24.0 Å². The van der Waals surface area contributed by atoms with E-state index in [2.05, 4.69) is 36.9 Å². The van der Waals surface area contributed by atoms with Gasteiger partial charge in [0.25, 0.3) is 0 Å². The molecule has 0 radical (unpaired) electrons. The molecule has 0 aromatic heterocycles. The van der Waals surface area contributed by atoms with E-state index in [1.54, 1.807) is 70.2 Å². The second-order valence-electron chi connectivity index (χ2n) is 21.2. The van der Waals surface area contributed by atoms with E-state index in [9.17, 15) is 57.8 Å². The standard InChI is InChI=1S/C54H81N15O12/c1-29(2)25-39(66-49(77)38(28-43(57)72)65-51(79)41-15-10-24-69(41)53(81)44(30(3)4)67-46(74)34(55)26-32-16-18-33(70)19-17-32)52(80)68-23-9-14-40(68)50(78)63-36(20-21-42(56)71)48(76)62-35(13-8-22-61-54(59)60)47(75)64-37(45(58)73)27-31-11-6-5-7-12-31/h5-7,11-12,16-19,29-30,34-41,44,70H,8-10,13-15,20-28,55H2,1-4H3,(H2,56,71)(H2,57,72)(H2,58,73)(H,62,76)(H,63,78)(H,64,75)(H,65,79)(H,66,77)(H,67,74)(H4,59,60,61). The van der Waals surface area contributed by atoms with Crippen molar-refractivity contribution in [3.05, 3.63) is 65.7 Å². The predicted molar refractivity (Wildman–Crippen MR) is 297 cm³/mol. The molecule has 2 aliphatic heterocycles. The van der Waals surface area contributed by atoms with Crippen LogP contribution in [-0.4, -0.2) is 160 Å². The number of primary amides is 3. The van der Waals surface area contributed by atoms with Crippen molar-refractivity contribution >= 4 is 70.9 Å². The molecule has 4 rings (SSSR count). The molecule has 444 valence electrons. The minimum absolute atomic E-state index is 0.0245. The number of phenolic OH excluding ortho intramolecular Hbond substituents is 1. The molecule has 2 aromatic rings. The maximum atomic E-state index is 14.6. The molecule has 2 aliphatic rings. The number of aliphatic imine (C=N–C) groups is 1. The fraction of sp³-hybridized carbons (Fsp3) is 0.556. The van der Waals surface area contributed by atoms with Crippen molar-refractivity contribution in [3.8, 4) is 5.75 Å². The number of nitrogens with zero attached hydrogens (tertiary/aromatic N) is 3. The number of nitrogens with one attached hydrogen (secondary N) is 6. The molecule has 2 aromatic carbocycles. The van der Waals surface area contributed by atoms with Gasteiger partial charge in [-0.15, -0.1) is 0 Å². The van der Waals surface area contributed by atoms with Crippen molar-refractivity contribution in [1.82, 2.24) is 41.7 Å². The summed E-state index contributed by atoms with van der Waals surface area (Å²) in [6, 6.07) is 3.42. The Balaban J connectivity index is 1.49. The van der Waals surface area contributed by atoms with E-state index in [-0.39, 0.29) is 95.0 Å². The van der Waals surface area contributed by atoms with Crippen LogP contribution < -0.4 is 66.3 Å². The first-order chi connectivity index (χ1) is 38.2. The molecule has 0 saturated carbocycles. The molecule has 9 unspecified atom stereocenters. The van der Waals surface area contributed by atoms with Crippen LogP contribution in [-0.2, 0) is 65.6 Å². The summed E-state index contributed by atoms with van der Waals surface area (Å²) in [5.74, 6) is -9.67. The first-order valence-corrected chi connectivity index (χ1v) is 27.2. The van der Waals surface area contributed by atoms with Gasteiger partial charge in [-0.2, -0.15) is 0 Å². The van der Waals surface area contributed by atoms with Crippen LogP contribution in [0.1, 0.15) is 103 Å². The smallest absolute Gasteiger partial charge is 0.246 e. The number of guanidine groups is 1. The van der Waals surface area contributed by atoms with Gasteiger partial charge in [-0.3, -0.25) is 57.7 Å². The molecule has 81 heavy (non-hydrogen) atoms. The zero-order chi connectivity index (χ0) is 60.1. The summed E-state index contributed by atoms with van der Waals surface area (Å²) in [6.45, 7) is 7.20. The highest BCUT2D eigenvalue weighted by molar-refractivity contribution is 5.99. The van der Waals surface area contributed by atoms with Gasteiger partial charge in [-0.05, 0) is 92.9 Å². The van der Waals surface area contributed by atoms with Gasteiger partial charge in [-0.25, -0.2) is 0 Å². The summed E-state index contributed by atoms with van der Waals surface area (Å²) < 4.78 is 0. The normalized spacial score (nSPS) is 17.5. The van der Waals surface area contributed by atoms with Crippen LogP contribution in [0.3, 0.4) is 0 Å². The number of aromatic hydroxyl groups is 1. The third-order valence-electron chi connectivity index (χ3n) is 13.8. The number of amides is 11. The Morgan fingerprint density at radius 3 is 1.64 bits per heavy atom. The van der Waals surface area contributed by atoms with Crippen LogP contribution in [0.15, 0.2) is 59.6 Å². The third-order valence-corrected chi connectivity index (χ3v) is 13.8. The second kappa shape index (κ2) is 31.4. The summed E-state index contributed by atoms with van der Waals surface area (Å²) in [7, 11) is 0. The van der Waals surface area contributed by atoms with Gasteiger partial charge in [0.15, 0.2) is 5.96 Å². The maximum Gasteiger partial charge on any atom is 0.246 e. The molecule has 11 amide bonds. The molecule has 2 saturated heterocycles. The lowest BCUT2D eigenvalue weighted by Crippen LogP contribution is -2.60. The SMILES string of the molecule is CC(C)CC(NC(=O)C(CC(N)=O)NC(=O)C1CCCN1C(=O)C(NC(=O)C(N)Cc1ccc(O)cc1)C(C)C)C(=O)N1CCCC1C(=O)NC(CCC(N)=O)C(=O)NC(CCCN=C(N)N)C(=O)NC(Cc1ccccc1)C(N)=O. The lowest BCUT2D eigenvalue weighted by molar-refractivity contribution is -0.144. The van der Waals surface area contributed by atoms with Gasteiger partial charge in [0, 0.05) is 32.5 Å². The van der Waals surface area contributed by atoms with Crippen LogP contribution in [0.2, 0.25) is 0 Å². The van der Waals surface area contributed by atoms with Gasteiger partial charge in [0.05, 0.1) is 12.5 Å². The zero-order valence-electron chi connectivity index (χ0n) is 46.4. The number of hydrogen-bond donors (Lipinski definition) is 13. The van der Waals surface area contributed by atoms with Gasteiger partial charge >= 0.3 is 0 Å². The summed E-state index contributed by atoms with van der Waals surface area (Å²) in [5.41, 5.74) is 35.2. The third kappa shape index (κ3) is 20.7. The average molecular weight is 1130 g/mol. The Hall–Kier alpha value is -8.36. The van der Waals surface area contributed by atoms with Gasteiger partial charge in [0.2, 0.25) is 65.0 Å². The molecule has 0 spiro atoms. The van der Waals surface area contributed by atoms with Crippen LogP contribution in [0.4, 0.5) is 0 Å². The van der Waals surface area contributed by atoms with Crippen molar-refractivity contribution in [2.24, 2.45) is 51.2 Å². The first-order valence-electron chi connectivity index (χ1n) is 27.2. The van der Waals surface area contributed by atoms with Crippen molar-refractivity contribution in [2.75, 3.05) is 19.6 Å². The summed E-state index contributed by atoms with van der Waals surface area (Å²) in [6.07, 6.45) is -0.155. The van der Waals surface area contributed by atoms with E-state index >= 15 is 0 Å². The molecule has 27 nitrogen and oxygen atoms in total. The number of nitrogens with two attached hydrogens (primary N) is 6. The van der Waals surface area contributed by atoms with Crippen molar-refractivity contribution in [1.29, 1.82) is 0 Å². The van der Waals surface area contributed by atoms with Crippen molar-refractivity contribution < 1.29 is 57.8 Å². The molecule has 2 heterocycles. The summed E-state index contributed by atoms with van der Waals surface area (Å²) in [5, 5.41) is 25.3. The van der Waals surface area contributed by atoms with Crippen molar-refractivity contribution in [2.45, 2.75) is 159 Å². The molecule has 0 bridgehead atoms. The Morgan fingerprint density at radius 2 is 1.11 bits per heavy atom. The molecular weight excluding hydrogens is 1050 g/mol. The monoisotopic (exact) mass is 1130 g/mol. The van der Waals surface area contributed by atoms with Crippen LogP contribution in [0.25, 0.3) is 0 Å². The average Bonchev–Trinajstić information content (AvgIpc) is 4.19. The summed E-state index contributed by atoms with van der Waals surface area (Å²) >= 11 is 0. The number of phenols is 1. The van der Waals surface area contributed by atoms with Crippen LogP contribution in [0, 0.1) is 11.8 Å². The Kier molecular flexibility index (Phi) is 25.3. The quantitative estimate of drug-likeness (QED) is 0.0201. The Labute approximate surface area is 470 Å². The molecule has 9 atom stereocenters. The van der Waals surface area contributed by atoms with E-state index in [1.807, 2.05) is 0 Å². The van der Waals surface area contributed by atoms with Crippen LogP contribution >= 0.6 is 0 Å². The highest BCUT2D eigenvalue weighted by Crippen LogP contribution is 2.24. The number of benzene rings is 2.